The molecule has 2 rings (SSSR count). The molecule has 94 valence electrons. The zero-order valence-electron chi connectivity index (χ0n) is 10.0. The Balaban J connectivity index is 2.72. The Hall–Kier alpha value is -2.30. The Morgan fingerprint density at radius 2 is 1.89 bits per heavy atom. The first-order valence-electron chi connectivity index (χ1n) is 5.76. The van der Waals surface area contributed by atoms with Crippen molar-refractivity contribution < 1.29 is 5.11 Å². The fourth-order valence-electron chi connectivity index (χ4n) is 1.86. The van der Waals surface area contributed by atoms with Crippen LogP contribution in [0.2, 0.25) is 0 Å². The highest BCUT2D eigenvalue weighted by Gasteiger charge is 2.14. The van der Waals surface area contributed by atoms with E-state index in [1.54, 1.807) is 24.3 Å². The number of hydrogen-bond donors (Lipinski definition) is 2. The van der Waals surface area contributed by atoms with Crippen LogP contribution in [-0.2, 0) is 6.54 Å². The van der Waals surface area contributed by atoms with Gasteiger partial charge in [0.25, 0.3) is 5.56 Å². The summed E-state index contributed by atoms with van der Waals surface area (Å²) in [6.07, 6.45) is 0.688. The number of nitrogens with one attached hydrogen (secondary N) is 1. The Bertz CT molecular complexity index is 656. The lowest BCUT2D eigenvalue weighted by Gasteiger charge is -2.10. The van der Waals surface area contributed by atoms with Gasteiger partial charge in [-0.25, -0.2) is 4.79 Å². The second-order valence-electron chi connectivity index (χ2n) is 3.98. The summed E-state index contributed by atoms with van der Waals surface area (Å²) in [6, 6.07) is 8.78. The summed E-state index contributed by atoms with van der Waals surface area (Å²) < 4.78 is 1.17. The molecule has 0 fully saturated rings. The van der Waals surface area contributed by atoms with Crippen LogP contribution in [0.1, 0.15) is 13.3 Å². The Labute approximate surface area is 103 Å². The van der Waals surface area contributed by atoms with Crippen molar-refractivity contribution in [1.29, 1.82) is 0 Å². The van der Waals surface area contributed by atoms with E-state index in [0.717, 1.165) is 0 Å². The molecule has 0 atom stereocenters. The summed E-state index contributed by atoms with van der Waals surface area (Å²) in [7, 11) is 0. The van der Waals surface area contributed by atoms with Gasteiger partial charge in [0.15, 0.2) is 0 Å². The van der Waals surface area contributed by atoms with E-state index in [2.05, 4.69) is 4.98 Å². The lowest BCUT2D eigenvalue weighted by Crippen LogP contribution is -2.30. The summed E-state index contributed by atoms with van der Waals surface area (Å²) in [6.45, 7) is 2.25. The molecule has 0 aliphatic heterocycles. The van der Waals surface area contributed by atoms with Crippen LogP contribution < -0.4 is 11.2 Å². The van der Waals surface area contributed by atoms with Crippen molar-refractivity contribution in [2.75, 3.05) is 0 Å². The number of aromatic amines is 1. The third kappa shape index (κ3) is 2.07. The lowest BCUT2D eigenvalue weighted by atomic mass is 10.1. The van der Waals surface area contributed by atoms with Crippen molar-refractivity contribution in [3.63, 3.8) is 0 Å². The Morgan fingerprint density at radius 1 is 1.22 bits per heavy atom. The van der Waals surface area contributed by atoms with Crippen molar-refractivity contribution in [2.24, 2.45) is 0 Å². The number of H-pyrrole nitrogens is 1. The molecule has 0 aliphatic carbocycles. The number of hydrogen-bond acceptors (Lipinski definition) is 3. The first-order chi connectivity index (χ1) is 8.65. The van der Waals surface area contributed by atoms with E-state index >= 15 is 0 Å². The zero-order chi connectivity index (χ0) is 13.1. The fraction of sp³-hybridized carbons (Fsp3) is 0.231. The summed E-state index contributed by atoms with van der Waals surface area (Å²) >= 11 is 0. The molecule has 5 nitrogen and oxygen atoms in total. The van der Waals surface area contributed by atoms with Crippen molar-refractivity contribution >= 4 is 0 Å². The molecule has 18 heavy (non-hydrogen) atoms. The molecule has 0 amide bonds. The molecule has 0 radical (unpaired) electrons. The quantitative estimate of drug-likeness (QED) is 0.857. The maximum Gasteiger partial charge on any atom is 0.331 e. The van der Waals surface area contributed by atoms with Crippen molar-refractivity contribution in [3.05, 3.63) is 51.2 Å². The molecule has 0 saturated heterocycles. The SMILES string of the molecule is CCCn1c(O)c(-c2ccccc2)c(=O)[nH]c1=O. The molecule has 1 heterocycles. The average Bonchev–Trinajstić information content (AvgIpc) is 2.35. The molecular weight excluding hydrogens is 232 g/mol. The van der Waals surface area contributed by atoms with Crippen molar-refractivity contribution in [2.45, 2.75) is 19.9 Å². The van der Waals surface area contributed by atoms with E-state index in [0.29, 0.717) is 18.5 Å². The van der Waals surface area contributed by atoms with Crippen molar-refractivity contribution in [1.82, 2.24) is 9.55 Å². The van der Waals surface area contributed by atoms with Gasteiger partial charge in [0.2, 0.25) is 5.88 Å². The van der Waals surface area contributed by atoms with Crippen LogP contribution in [0.15, 0.2) is 39.9 Å². The smallest absolute Gasteiger partial charge is 0.331 e. The number of aromatic hydroxyl groups is 1. The molecule has 0 spiro atoms. The van der Waals surface area contributed by atoms with Gasteiger partial charge in [-0.15, -0.1) is 0 Å². The van der Waals surface area contributed by atoms with E-state index in [1.807, 2.05) is 13.0 Å². The first-order valence-corrected chi connectivity index (χ1v) is 5.76. The molecular formula is C13H14N2O3. The number of nitrogens with zero attached hydrogens (tertiary/aromatic N) is 1. The molecule has 2 N–H and O–H groups in total. The van der Waals surface area contributed by atoms with Crippen LogP contribution in [0.4, 0.5) is 0 Å². The molecule has 1 aromatic heterocycles. The van der Waals surface area contributed by atoms with E-state index in [1.165, 1.54) is 4.57 Å². The number of rotatable bonds is 3. The first kappa shape index (κ1) is 12.2. The standard InChI is InChI=1S/C13H14N2O3/c1-2-8-15-12(17)10(11(16)14-13(15)18)9-6-4-3-5-7-9/h3-7,17H,2,8H2,1H3,(H,14,16,18). The molecule has 0 aliphatic rings. The molecule has 5 heteroatoms. The van der Waals surface area contributed by atoms with Gasteiger partial charge < -0.3 is 5.11 Å². The predicted octanol–water partition coefficient (Wildman–Crippen LogP) is 1.32. The van der Waals surface area contributed by atoms with Gasteiger partial charge in [0.1, 0.15) is 5.56 Å². The minimum atomic E-state index is -0.584. The fourth-order valence-corrected chi connectivity index (χ4v) is 1.86. The van der Waals surface area contributed by atoms with E-state index in [-0.39, 0.29) is 11.4 Å². The monoisotopic (exact) mass is 246 g/mol. The maximum absolute atomic E-state index is 11.8. The second-order valence-corrected chi connectivity index (χ2v) is 3.98. The summed E-state index contributed by atoms with van der Waals surface area (Å²) in [5.41, 5.74) is -0.445. The molecule has 1 aromatic carbocycles. The Kier molecular flexibility index (Phi) is 3.32. The van der Waals surface area contributed by atoms with E-state index < -0.39 is 11.2 Å². The highest BCUT2D eigenvalue weighted by atomic mass is 16.3. The third-order valence-electron chi connectivity index (χ3n) is 2.68. The normalized spacial score (nSPS) is 10.5. The summed E-state index contributed by atoms with van der Waals surface area (Å²) in [5.74, 6) is -0.281. The van der Waals surface area contributed by atoms with E-state index in [9.17, 15) is 14.7 Å². The zero-order valence-corrected chi connectivity index (χ0v) is 10.0. The summed E-state index contributed by atoms with van der Waals surface area (Å²) in [4.78, 5) is 25.6. The molecule has 0 unspecified atom stereocenters. The van der Waals surface area contributed by atoms with Crippen molar-refractivity contribution in [3.8, 4) is 17.0 Å². The maximum atomic E-state index is 11.8. The topological polar surface area (TPSA) is 75.1 Å². The van der Waals surface area contributed by atoms with Gasteiger partial charge in [0.05, 0.1) is 0 Å². The van der Waals surface area contributed by atoms with Crippen LogP contribution in [0.25, 0.3) is 11.1 Å². The van der Waals surface area contributed by atoms with Crippen LogP contribution >= 0.6 is 0 Å². The van der Waals surface area contributed by atoms with Crippen LogP contribution in [0.5, 0.6) is 5.88 Å². The molecule has 2 aromatic rings. The predicted molar refractivity (Wildman–Crippen MR) is 68.7 cm³/mol. The van der Waals surface area contributed by atoms with Gasteiger partial charge in [-0.1, -0.05) is 37.3 Å². The number of aromatic nitrogens is 2. The van der Waals surface area contributed by atoms with Gasteiger partial charge in [-0.3, -0.25) is 14.3 Å². The summed E-state index contributed by atoms with van der Waals surface area (Å²) in [5, 5.41) is 10.1. The minimum Gasteiger partial charge on any atom is -0.494 e. The van der Waals surface area contributed by atoms with Gasteiger partial charge in [0, 0.05) is 6.54 Å². The largest absolute Gasteiger partial charge is 0.494 e. The highest BCUT2D eigenvalue weighted by molar-refractivity contribution is 5.67. The van der Waals surface area contributed by atoms with Gasteiger partial charge in [-0.2, -0.15) is 0 Å². The van der Waals surface area contributed by atoms with Gasteiger partial charge in [-0.05, 0) is 12.0 Å². The van der Waals surface area contributed by atoms with Crippen LogP contribution in [-0.4, -0.2) is 14.7 Å². The lowest BCUT2D eigenvalue weighted by molar-refractivity contribution is 0.401. The Morgan fingerprint density at radius 3 is 2.50 bits per heavy atom. The average molecular weight is 246 g/mol. The van der Waals surface area contributed by atoms with Crippen LogP contribution in [0, 0.1) is 0 Å². The highest BCUT2D eigenvalue weighted by Crippen LogP contribution is 2.23. The minimum absolute atomic E-state index is 0.128. The van der Waals surface area contributed by atoms with Crippen LogP contribution in [0.3, 0.4) is 0 Å². The number of benzene rings is 1. The third-order valence-corrected chi connectivity index (χ3v) is 2.68. The molecule has 0 bridgehead atoms. The molecule has 0 saturated carbocycles. The van der Waals surface area contributed by atoms with E-state index in [4.69, 9.17) is 0 Å². The van der Waals surface area contributed by atoms with Gasteiger partial charge >= 0.3 is 5.69 Å². The second kappa shape index (κ2) is 4.91.